The fourth-order valence-corrected chi connectivity index (χ4v) is 5.32. The third-order valence-corrected chi connectivity index (χ3v) is 6.74. The topological polar surface area (TPSA) is 79.4 Å². The summed E-state index contributed by atoms with van der Waals surface area (Å²) in [5.41, 5.74) is 2.32. The summed E-state index contributed by atoms with van der Waals surface area (Å²) < 4.78 is 0. The zero-order chi connectivity index (χ0) is 21.1. The Morgan fingerprint density at radius 3 is 2.29 bits per heavy atom. The van der Waals surface area contributed by atoms with Gasteiger partial charge in [-0.15, -0.1) is 0 Å². The summed E-state index contributed by atoms with van der Waals surface area (Å²) in [4.78, 5) is 44.4. The number of nitrogens with zero attached hydrogens (tertiary/aromatic N) is 2. The average molecular weight is 409 g/mol. The predicted octanol–water partition coefficient (Wildman–Crippen LogP) is 3.80. The fraction of sp³-hybridized carbons (Fsp3) is 0.200. The van der Waals surface area contributed by atoms with Gasteiger partial charge in [0.2, 0.25) is 11.8 Å². The number of imide groups is 1. The van der Waals surface area contributed by atoms with Crippen molar-refractivity contribution in [1.82, 2.24) is 4.98 Å². The van der Waals surface area contributed by atoms with Crippen molar-refractivity contribution in [2.24, 2.45) is 23.7 Å². The van der Waals surface area contributed by atoms with Crippen LogP contribution < -0.4 is 10.2 Å². The van der Waals surface area contributed by atoms with E-state index >= 15 is 0 Å². The lowest BCUT2D eigenvalue weighted by Gasteiger charge is -2.17. The Morgan fingerprint density at radius 2 is 1.58 bits per heavy atom. The number of amides is 3. The summed E-state index contributed by atoms with van der Waals surface area (Å²) in [5, 5.41) is 3.84. The summed E-state index contributed by atoms with van der Waals surface area (Å²) in [6, 6.07) is 16.0. The van der Waals surface area contributed by atoms with E-state index in [1.54, 1.807) is 30.5 Å². The van der Waals surface area contributed by atoms with Crippen molar-refractivity contribution in [3.63, 3.8) is 0 Å². The Bertz CT molecular complexity index is 1250. The molecule has 2 heterocycles. The Balaban J connectivity index is 1.24. The van der Waals surface area contributed by atoms with Crippen LogP contribution in [0.3, 0.4) is 0 Å². The van der Waals surface area contributed by atoms with Gasteiger partial charge in [0.25, 0.3) is 5.91 Å². The molecule has 1 saturated carbocycles. The molecule has 4 atom stereocenters. The Morgan fingerprint density at radius 1 is 0.903 bits per heavy atom. The smallest absolute Gasteiger partial charge is 0.255 e. The zero-order valence-corrected chi connectivity index (χ0v) is 16.6. The number of rotatable bonds is 3. The van der Waals surface area contributed by atoms with Crippen LogP contribution >= 0.6 is 0 Å². The van der Waals surface area contributed by atoms with Crippen LogP contribution in [0.4, 0.5) is 11.4 Å². The highest BCUT2D eigenvalue weighted by Gasteiger charge is 2.59. The molecule has 2 bridgehead atoms. The van der Waals surface area contributed by atoms with Crippen LogP contribution in [0.15, 0.2) is 72.9 Å². The number of aromatic nitrogens is 1. The highest BCUT2D eigenvalue weighted by molar-refractivity contribution is 6.23. The summed E-state index contributed by atoms with van der Waals surface area (Å²) in [6.07, 6.45) is 6.75. The first-order chi connectivity index (χ1) is 15.1. The van der Waals surface area contributed by atoms with Crippen LogP contribution in [0, 0.1) is 23.7 Å². The summed E-state index contributed by atoms with van der Waals surface area (Å²) in [5.74, 6) is -0.625. The molecular formula is C25H19N3O3. The Kier molecular flexibility index (Phi) is 3.84. The van der Waals surface area contributed by atoms with Gasteiger partial charge in [-0.1, -0.05) is 30.4 Å². The minimum atomic E-state index is -0.275. The quantitative estimate of drug-likeness (QED) is 0.527. The lowest BCUT2D eigenvalue weighted by molar-refractivity contribution is -0.123. The molecule has 1 saturated heterocycles. The van der Waals surface area contributed by atoms with E-state index in [1.807, 2.05) is 30.3 Å². The van der Waals surface area contributed by atoms with E-state index in [2.05, 4.69) is 22.5 Å². The number of benzene rings is 2. The third-order valence-electron chi connectivity index (χ3n) is 6.74. The fourth-order valence-electron chi connectivity index (χ4n) is 5.32. The molecule has 6 heteroatoms. The molecule has 0 spiro atoms. The highest BCUT2D eigenvalue weighted by Crippen LogP contribution is 2.53. The first kappa shape index (κ1) is 18.0. The van der Waals surface area contributed by atoms with Crippen molar-refractivity contribution in [2.45, 2.75) is 6.42 Å². The van der Waals surface area contributed by atoms with E-state index in [0.717, 1.165) is 17.3 Å². The molecule has 1 aliphatic heterocycles. The number of allylic oxidation sites excluding steroid dienone is 2. The molecule has 2 aromatic carbocycles. The van der Waals surface area contributed by atoms with Crippen molar-refractivity contribution in [1.29, 1.82) is 0 Å². The van der Waals surface area contributed by atoms with Gasteiger partial charge < -0.3 is 5.32 Å². The van der Waals surface area contributed by atoms with Crippen molar-refractivity contribution in [2.75, 3.05) is 10.2 Å². The van der Waals surface area contributed by atoms with Crippen LogP contribution in [0.2, 0.25) is 0 Å². The molecule has 3 aliphatic rings. The molecule has 152 valence electrons. The Labute approximate surface area is 178 Å². The number of carbonyl (C=O) groups excluding carboxylic acids is 3. The van der Waals surface area contributed by atoms with Gasteiger partial charge in [0, 0.05) is 17.1 Å². The van der Waals surface area contributed by atoms with E-state index in [0.29, 0.717) is 16.9 Å². The average Bonchev–Trinajstić information content (AvgIpc) is 3.48. The largest absolute Gasteiger partial charge is 0.320 e. The van der Waals surface area contributed by atoms with Crippen LogP contribution in [0.1, 0.15) is 16.8 Å². The molecular weight excluding hydrogens is 390 g/mol. The number of para-hydroxylation sites is 1. The number of anilines is 2. The molecule has 3 amide bonds. The maximum absolute atomic E-state index is 13.0. The molecule has 2 unspecified atom stereocenters. The van der Waals surface area contributed by atoms with Gasteiger partial charge in [0.15, 0.2) is 0 Å². The van der Waals surface area contributed by atoms with Gasteiger partial charge in [-0.3, -0.25) is 24.3 Å². The SMILES string of the molecule is O=C(Nc1cccc2cccnc12)c1ccc(N2C(=O)C3C(C2=O)[C@H]2C=C[C@@H]3C2)cc1. The minimum absolute atomic E-state index is 0.120. The number of carbonyl (C=O) groups is 3. The van der Waals surface area contributed by atoms with Crippen LogP contribution in [0.25, 0.3) is 10.9 Å². The summed E-state index contributed by atoms with van der Waals surface area (Å²) in [6.45, 7) is 0. The van der Waals surface area contributed by atoms with E-state index in [1.165, 1.54) is 4.90 Å². The zero-order valence-electron chi connectivity index (χ0n) is 16.6. The molecule has 0 radical (unpaired) electrons. The van der Waals surface area contributed by atoms with Crippen LogP contribution in [0.5, 0.6) is 0 Å². The van der Waals surface area contributed by atoms with Gasteiger partial charge in [0.1, 0.15) is 0 Å². The van der Waals surface area contributed by atoms with Crippen LogP contribution in [-0.4, -0.2) is 22.7 Å². The summed E-state index contributed by atoms with van der Waals surface area (Å²) in [7, 11) is 0. The lowest BCUT2D eigenvalue weighted by atomic mass is 9.85. The van der Waals surface area contributed by atoms with E-state index in [9.17, 15) is 14.4 Å². The van der Waals surface area contributed by atoms with E-state index < -0.39 is 0 Å². The first-order valence-corrected chi connectivity index (χ1v) is 10.4. The number of nitrogens with one attached hydrogen (secondary N) is 1. The van der Waals surface area contributed by atoms with Crippen molar-refractivity contribution in [3.05, 3.63) is 78.5 Å². The molecule has 1 N–H and O–H groups in total. The maximum Gasteiger partial charge on any atom is 0.255 e. The van der Waals surface area contributed by atoms with Gasteiger partial charge in [-0.05, 0) is 54.7 Å². The van der Waals surface area contributed by atoms with Crippen molar-refractivity contribution in [3.8, 4) is 0 Å². The molecule has 2 fully saturated rings. The number of hydrogen-bond donors (Lipinski definition) is 1. The third kappa shape index (κ3) is 2.64. The molecule has 31 heavy (non-hydrogen) atoms. The predicted molar refractivity (Wildman–Crippen MR) is 116 cm³/mol. The molecule has 2 aliphatic carbocycles. The van der Waals surface area contributed by atoms with Crippen LogP contribution in [-0.2, 0) is 9.59 Å². The van der Waals surface area contributed by atoms with E-state index in [-0.39, 0.29) is 41.4 Å². The minimum Gasteiger partial charge on any atom is -0.320 e. The van der Waals surface area contributed by atoms with Crippen molar-refractivity contribution >= 4 is 40.0 Å². The standard InChI is InChI=1S/C25H19N3O3/c29-23(27-19-5-1-3-14-4-2-12-26-22(14)19)15-8-10-18(11-9-15)28-24(30)20-16-6-7-17(13-16)21(20)25(28)31/h1-12,16-17,20-21H,13H2,(H,27,29)/t16-,17+,20?,21?. The lowest BCUT2D eigenvalue weighted by Crippen LogP contribution is -2.32. The highest BCUT2D eigenvalue weighted by atomic mass is 16.2. The second-order valence-corrected chi connectivity index (χ2v) is 8.39. The molecule has 3 aromatic rings. The first-order valence-electron chi connectivity index (χ1n) is 10.4. The van der Waals surface area contributed by atoms with Gasteiger partial charge in [-0.2, -0.15) is 0 Å². The van der Waals surface area contributed by atoms with E-state index in [4.69, 9.17) is 0 Å². The number of fused-ring (bicyclic) bond motifs is 6. The van der Waals surface area contributed by atoms with Crippen molar-refractivity contribution < 1.29 is 14.4 Å². The van der Waals surface area contributed by atoms with Gasteiger partial charge in [-0.25, -0.2) is 0 Å². The monoisotopic (exact) mass is 409 g/mol. The second kappa shape index (κ2) is 6.60. The summed E-state index contributed by atoms with van der Waals surface area (Å²) >= 11 is 0. The van der Waals surface area contributed by atoms with Gasteiger partial charge in [0.05, 0.1) is 28.7 Å². The maximum atomic E-state index is 13.0. The van der Waals surface area contributed by atoms with Gasteiger partial charge >= 0.3 is 0 Å². The number of pyridine rings is 1. The second-order valence-electron chi connectivity index (χ2n) is 8.39. The molecule has 6 nitrogen and oxygen atoms in total. The normalized spacial score (nSPS) is 26.0. The Hall–Kier alpha value is -3.80. The number of hydrogen-bond acceptors (Lipinski definition) is 4. The molecule has 1 aromatic heterocycles. The molecule has 6 rings (SSSR count).